The van der Waals surface area contributed by atoms with Crippen molar-refractivity contribution in [2.24, 2.45) is 4.99 Å². The molecule has 2 fully saturated rings. The van der Waals surface area contributed by atoms with Gasteiger partial charge in [-0.15, -0.1) is 11.3 Å². The van der Waals surface area contributed by atoms with Crippen molar-refractivity contribution in [1.29, 1.82) is 0 Å². The van der Waals surface area contributed by atoms with Crippen LogP contribution in [0.25, 0.3) is 0 Å². The molecule has 1 aromatic carbocycles. The summed E-state index contributed by atoms with van der Waals surface area (Å²) in [6.07, 6.45) is 2.44. The average molecular weight is 540 g/mol. The van der Waals surface area contributed by atoms with E-state index in [9.17, 15) is 18.0 Å². The minimum atomic E-state index is -4.58. The van der Waals surface area contributed by atoms with Gasteiger partial charge >= 0.3 is 6.18 Å². The number of aromatic nitrogens is 1. The van der Waals surface area contributed by atoms with E-state index in [4.69, 9.17) is 9.47 Å². The third-order valence-corrected chi connectivity index (χ3v) is 8.42. The van der Waals surface area contributed by atoms with E-state index >= 15 is 0 Å². The Kier molecular flexibility index (Phi) is 8.50. The maximum absolute atomic E-state index is 13.5. The van der Waals surface area contributed by atoms with Gasteiger partial charge in [-0.05, 0) is 62.9 Å². The number of amides is 1. The fourth-order valence-electron chi connectivity index (χ4n) is 4.64. The highest BCUT2D eigenvalue weighted by atomic mass is 32.1. The Morgan fingerprint density at radius 3 is 2.62 bits per heavy atom. The highest BCUT2D eigenvalue weighted by Gasteiger charge is 2.32. The average Bonchev–Trinajstić information content (AvgIpc) is 3.48. The second kappa shape index (κ2) is 11.3. The van der Waals surface area contributed by atoms with Gasteiger partial charge in [0.1, 0.15) is 12.4 Å². The SMILES string of the molecule is CN1CCCC[C@H]1COc1ccc(C(F)(F)F)cc1C(=O)/N=c1\sc(C(C)(C)C)cn1C[C@H]1CCCO1. The molecule has 1 aromatic heterocycles. The van der Waals surface area contributed by atoms with Crippen LogP contribution in [-0.4, -0.2) is 54.3 Å². The Hall–Kier alpha value is -2.17. The molecule has 204 valence electrons. The Balaban J connectivity index is 1.68. The van der Waals surface area contributed by atoms with Crippen LogP contribution in [0, 0.1) is 0 Å². The van der Waals surface area contributed by atoms with Gasteiger partial charge in [-0.3, -0.25) is 4.79 Å². The number of ether oxygens (including phenoxy) is 2. The smallest absolute Gasteiger partial charge is 0.416 e. The second-order valence-corrected chi connectivity index (χ2v) is 12.0. The van der Waals surface area contributed by atoms with Crippen molar-refractivity contribution in [2.45, 2.75) is 83.2 Å². The highest BCUT2D eigenvalue weighted by molar-refractivity contribution is 7.09. The normalized spacial score (nSPS) is 22.0. The number of halogens is 3. The van der Waals surface area contributed by atoms with Gasteiger partial charge in [0.25, 0.3) is 5.91 Å². The van der Waals surface area contributed by atoms with Crippen LogP contribution in [0.4, 0.5) is 13.2 Å². The first-order chi connectivity index (χ1) is 17.4. The second-order valence-electron chi connectivity index (χ2n) is 11.0. The van der Waals surface area contributed by atoms with Gasteiger partial charge in [0.05, 0.1) is 23.8 Å². The predicted octanol–water partition coefficient (Wildman–Crippen LogP) is 5.65. The number of nitrogens with zero attached hydrogens (tertiary/aromatic N) is 3. The Morgan fingerprint density at radius 1 is 1.19 bits per heavy atom. The quantitative estimate of drug-likeness (QED) is 0.476. The minimum Gasteiger partial charge on any atom is -0.491 e. The Morgan fingerprint density at radius 2 is 1.97 bits per heavy atom. The zero-order chi connectivity index (χ0) is 26.8. The third-order valence-electron chi connectivity index (χ3n) is 6.97. The van der Waals surface area contributed by atoms with E-state index in [2.05, 4.69) is 30.7 Å². The molecule has 0 aliphatic carbocycles. The van der Waals surface area contributed by atoms with Crippen molar-refractivity contribution in [3.05, 3.63) is 45.2 Å². The summed E-state index contributed by atoms with van der Waals surface area (Å²) in [6.45, 7) is 8.70. The maximum atomic E-state index is 13.5. The largest absolute Gasteiger partial charge is 0.491 e. The summed E-state index contributed by atoms with van der Waals surface area (Å²) in [5.74, 6) is -0.625. The molecule has 0 saturated carbocycles. The number of likely N-dealkylation sites (N-methyl/N-ethyl adjacent to an activating group) is 1. The molecule has 2 aliphatic rings. The topological polar surface area (TPSA) is 56.1 Å². The number of rotatable bonds is 6. The van der Waals surface area contributed by atoms with Crippen molar-refractivity contribution in [2.75, 3.05) is 26.8 Å². The molecule has 3 heterocycles. The number of piperidine rings is 1. The van der Waals surface area contributed by atoms with E-state index in [1.54, 1.807) is 0 Å². The standard InChI is InChI=1S/C27H36F3N3O3S/c1-26(2,3)23-16-33(15-20-9-7-13-35-20)25(37-23)31-24(34)21-14-18(27(28,29)30)10-11-22(21)36-17-19-8-5-6-12-32(19)4/h10-11,14,16,19-20H,5-9,12-13,15,17H2,1-4H3/b31-25-/t19-,20+/m0/s1. The van der Waals surface area contributed by atoms with Crippen LogP contribution in [0.1, 0.15) is 73.7 Å². The molecule has 0 unspecified atom stereocenters. The summed E-state index contributed by atoms with van der Waals surface area (Å²) in [5, 5.41) is 0. The molecule has 4 rings (SSSR count). The lowest BCUT2D eigenvalue weighted by atomic mass is 9.95. The molecule has 2 aromatic rings. The summed E-state index contributed by atoms with van der Waals surface area (Å²) >= 11 is 1.37. The van der Waals surface area contributed by atoms with E-state index in [0.717, 1.165) is 55.7 Å². The molecule has 37 heavy (non-hydrogen) atoms. The van der Waals surface area contributed by atoms with Gasteiger partial charge in [-0.25, -0.2) is 0 Å². The summed E-state index contributed by atoms with van der Waals surface area (Å²) in [4.78, 5) is 21.4. The molecule has 0 radical (unpaired) electrons. The predicted molar refractivity (Wildman–Crippen MR) is 137 cm³/mol. The summed E-state index contributed by atoms with van der Waals surface area (Å²) in [6, 6.07) is 3.20. The van der Waals surface area contributed by atoms with Crippen LogP contribution in [0.3, 0.4) is 0 Å². The molecule has 0 spiro atoms. The zero-order valence-corrected chi connectivity index (χ0v) is 22.8. The molecule has 1 amide bonds. The molecule has 2 saturated heterocycles. The van der Waals surface area contributed by atoms with Crippen LogP contribution in [0.2, 0.25) is 0 Å². The lowest BCUT2D eigenvalue weighted by Gasteiger charge is -2.32. The monoisotopic (exact) mass is 539 g/mol. The number of hydrogen-bond donors (Lipinski definition) is 0. The van der Waals surface area contributed by atoms with Gasteiger partial charge in [0, 0.05) is 23.7 Å². The van der Waals surface area contributed by atoms with E-state index < -0.39 is 17.6 Å². The van der Waals surface area contributed by atoms with Gasteiger partial charge < -0.3 is 18.9 Å². The first kappa shape index (κ1) is 27.9. The van der Waals surface area contributed by atoms with Crippen LogP contribution < -0.4 is 9.54 Å². The van der Waals surface area contributed by atoms with Gasteiger partial charge in [-0.1, -0.05) is 27.2 Å². The lowest BCUT2D eigenvalue weighted by Crippen LogP contribution is -2.40. The molecular weight excluding hydrogens is 503 g/mol. The maximum Gasteiger partial charge on any atom is 0.416 e. The number of likely N-dealkylation sites (tertiary alicyclic amines) is 1. The number of alkyl halides is 3. The first-order valence-electron chi connectivity index (χ1n) is 12.9. The van der Waals surface area contributed by atoms with E-state index in [1.807, 2.05) is 17.8 Å². The molecule has 10 heteroatoms. The molecule has 6 nitrogen and oxygen atoms in total. The van der Waals surface area contributed by atoms with Crippen molar-refractivity contribution < 1.29 is 27.4 Å². The number of carbonyl (C=O) groups is 1. The van der Waals surface area contributed by atoms with Gasteiger partial charge in [-0.2, -0.15) is 18.2 Å². The lowest BCUT2D eigenvalue weighted by molar-refractivity contribution is -0.137. The Labute approximate surface area is 220 Å². The fraction of sp³-hybridized carbons (Fsp3) is 0.630. The van der Waals surface area contributed by atoms with E-state index in [-0.39, 0.29) is 28.9 Å². The third kappa shape index (κ3) is 7.03. The van der Waals surface area contributed by atoms with Crippen LogP contribution in [0.5, 0.6) is 5.75 Å². The van der Waals surface area contributed by atoms with Crippen molar-refractivity contribution in [1.82, 2.24) is 9.47 Å². The molecular formula is C27H36F3N3O3S. The number of carbonyl (C=O) groups excluding carboxylic acids is 1. The van der Waals surface area contributed by atoms with Gasteiger partial charge in [0.15, 0.2) is 4.80 Å². The van der Waals surface area contributed by atoms with Crippen LogP contribution in [-0.2, 0) is 22.9 Å². The van der Waals surface area contributed by atoms with E-state index in [0.29, 0.717) is 24.6 Å². The number of thiazole rings is 1. The summed E-state index contributed by atoms with van der Waals surface area (Å²) in [5.41, 5.74) is -1.25. The number of hydrogen-bond acceptors (Lipinski definition) is 5. The fourth-order valence-corrected chi connectivity index (χ4v) is 5.70. The number of benzene rings is 1. The van der Waals surface area contributed by atoms with Crippen LogP contribution in [0.15, 0.2) is 29.4 Å². The van der Waals surface area contributed by atoms with Crippen LogP contribution >= 0.6 is 11.3 Å². The van der Waals surface area contributed by atoms with Crippen molar-refractivity contribution >= 4 is 17.2 Å². The molecule has 0 N–H and O–H groups in total. The van der Waals surface area contributed by atoms with Crippen molar-refractivity contribution in [3.8, 4) is 5.75 Å². The molecule has 2 aliphatic heterocycles. The minimum absolute atomic E-state index is 0.0244. The van der Waals surface area contributed by atoms with Gasteiger partial charge in [0.2, 0.25) is 0 Å². The highest BCUT2D eigenvalue weighted by Crippen LogP contribution is 2.33. The van der Waals surface area contributed by atoms with E-state index in [1.165, 1.54) is 17.4 Å². The summed E-state index contributed by atoms with van der Waals surface area (Å²) in [7, 11) is 2.01. The Bertz CT molecular complexity index is 1160. The first-order valence-corrected chi connectivity index (χ1v) is 13.7. The molecule has 0 bridgehead atoms. The van der Waals surface area contributed by atoms with Crippen molar-refractivity contribution in [3.63, 3.8) is 0 Å². The molecule has 2 atom stereocenters. The summed E-state index contributed by atoms with van der Waals surface area (Å²) < 4.78 is 54.2. The zero-order valence-electron chi connectivity index (χ0n) is 21.9.